The molecule has 5 aromatic carbocycles. The minimum atomic E-state index is -0.325. The summed E-state index contributed by atoms with van der Waals surface area (Å²) in [5.74, 6) is 0. The first kappa shape index (κ1) is 21.6. The van der Waals surface area contributed by atoms with E-state index in [2.05, 4.69) is 59.3 Å². The van der Waals surface area contributed by atoms with E-state index in [9.17, 15) is 10.1 Å². The number of aromatic nitrogens is 1. The molecule has 0 bridgehead atoms. The van der Waals surface area contributed by atoms with Crippen molar-refractivity contribution in [3.63, 3.8) is 0 Å². The molecule has 0 unspecified atom stereocenters. The van der Waals surface area contributed by atoms with E-state index in [1.54, 1.807) is 18.2 Å². The van der Waals surface area contributed by atoms with E-state index in [1.807, 2.05) is 60.7 Å². The summed E-state index contributed by atoms with van der Waals surface area (Å²) in [6, 6.07) is 42.3. The minimum absolute atomic E-state index is 0.104. The van der Waals surface area contributed by atoms with Crippen molar-refractivity contribution in [1.82, 2.24) is 4.57 Å². The van der Waals surface area contributed by atoms with Gasteiger partial charge in [0.1, 0.15) is 0 Å². The maximum atomic E-state index is 11.6. The molecule has 0 N–H and O–H groups in total. The number of hydrogen-bond acceptors (Lipinski definition) is 2. The molecule has 0 aliphatic heterocycles. The average molecular weight is 467 g/mol. The molecule has 4 heteroatoms. The molecule has 0 fully saturated rings. The number of para-hydroxylation sites is 1. The van der Waals surface area contributed by atoms with Gasteiger partial charge in [0, 0.05) is 18.0 Å². The second kappa shape index (κ2) is 9.01. The van der Waals surface area contributed by atoms with E-state index in [0.717, 1.165) is 44.4 Å². The fourth-order valence-electron chi connectivity index (χ4n) is 4.74. The number of fused-ring (bicyclic) bond motifs is 1. The van der Waals surface area contributed by atoms with Crippen LogP contribution in [0.15, 0.2) is 134 Å². The molecular weight excluding hydrogens is 444 g/mol. The molecule has 6 aromatic rings. The summed E-state index contributed by atoms with van der Waals surface area (Å²) in [4.78, 5) is 11.3. The summed E-state index contributed by atoms with van der Waals surface area (Å²) in [7, 11) is 0. The van der Waals surface area contributed by atoms with Crippen LogP contribution in [0.3, 0.4) is 0 Å². The largest absolute Gasteiger partial charge is 0.316 e. The van der Waals surface area contributed by atoms with Crippen molar-refractivity contribution in [2.75, 3.05) is 0 Å². The summed E-state index contributed by atoms with van der Waals surface area (Å²) in [5.41, 5.74) is 8.11. The summed E-state index contributed by atoms with van der Waals surface area (Å²) >= 11 is 0. The highest BCUT2D eigenvalue weighted by molar-refractivity contribution is 5.89. The number of hydrogen-bond donors (Lipinski definition) is 0. The van der Waals surface area contributed by atoms with Gasteiger partial charge in [0.2, 0.25) is 0 Å². The number of nitro benzene ring substituents is 1. The Morgan fingerprint density at radius 3 is 1.81 bits per heavy atom. The predicted molar refractivity (Wildman–Crippen MR) is 146 cm³/mol. The summed E-state index contributed by atoms with van der Waals surface area (Å²) in [6.07, 6.45) is 2.06. The maximum absolute atomic E-state index is 11.6. The van der Waals surface area contributed by atoms with Gasteiger partial charge in [-0.05, 0) is 69.6 Å². The van der Waals surface area contributed by atoms with Crippen molar-refractivity contribution >= 4 is 16.6 Å². The van der Waals surface area contributed by atoms with E-state index < -0.39 is 0 Å². The Morgan fingerprint density at radius 2 is 1.17 bits per heavy atom. The molecule has 0 saturated heterocycles. The molecule has 0 amide bonds. The summed E-state index contributed by atoms with van der Waals surface area (Å²) in [6.45, 7) is 0. The van der Waals surface area contributed by atoms with Crippen molar-refractivity contribution in [3.8, 4) is 39.1 Å². The van der Waals surface area contributed by atoms with Gasteiger partial charge in [-0.3, -0.25) is 10.1 Å². The third kappa shape index (κ3) is 3.95. The van der Waals surface area contributed by atoms with Gasteiger partial charge in [-0.1, -0.05) is 84.9 Å². The third-order valence-corrected chi connectivity index (χ3v) is 6.52. The quantitative estimate of drug-likeness (QED) is 0.189. The van der Waals surface area contributed by atoms with Crippen LogP contribution >= 0.6 is 0 Å². The second-order valence-corrected chi connectivity index (χ2v) is 8.73. The Kier molecular flexibility index (Phi) is 5.39. The molecule has 0 aliphatic rings. The third-order valence-electron chi connectivity index (χ3n) is 6.52. The topological polar surface area (TPSA) is 48.1 Å². The first-order chi connectivity index (χ1) is 17.7. The van der Waals surface area contributed by atoms with E-state index in [-0.39, 0.29) is 10.6 Å². The highest BCUT2D eigenvalue weighted by Crippen LogP contribution is 2.35. The van der Waals surface area contributed by atoms with Crippen LogP contribution in [0.2, 0.25) is 0 Å². The zero-order chi connectivity index (χ0) is 24.5. The van der Waals surface area contributed by atoms with Crippen molar-refractivity contribution < 1.29 is 4.92 Å². The van der Waals surface area contributed by atoms with Gasteiger partial charge in [-0.25, -0.2) is 0 Å². The molecule has 0 atom stereocenters. The lowest BCUT2D eigenvalue weighted by atomic mass is 9.98. The number of nitrogens with zero attached hydrogens (tertiary/aromatic N) is 2. The maximum Gasteiger partial charge on any atom is 0.277 e. The van der Waals surface area contributed by atoms with E-state index in [0.29, 0.717) is 5.56 Å². The zero-order valence-electron chi connectivity index (χ0n) is 19.4. The van der Waals surface area contributed by atoms with Crippen molar-refractivity contribution in [3.05, 3.63) is 144 Å². The lowest BCUT2D eigenvalue weighted by Crippen LogP contribution is -1.95. The van der Waals surface area contributed by atoms with E-state index in [1.165, 1.54) is 0 Å². The Labute approximate surface area is 208 Å². The van der Waals surface area contributed by atoms with Crippen LogP contribution in [0, 0.1) is 10.1 Å². The molecule has 0 saturated carbocycles. The molecule has 1 heterocycles. The molecule has 6 rings (SSSR count). The molecule has 4 nitrogen and oxygen atoms in total. The van der Waals surface area contributed by atoms with Gasteiger partial charge in [0.05, 0.1) is 16.0 Å². The van der Waals surface area contributed by atoms with E-state index >= 15 is 0 Å². The van der Waals surface area contributed by atoms with Crippen molar-refractivity contribution in [2.24, 2.45) is 0 Å². The SMILES string of the molecule is O=[N+]([O-])c1ccccc1-c1ccc2ccn(-c3cc(-c4ccccc4)cc(-c4ccccc4)c3)c2c1. The summed E-state index contributed by atoms with van der Waals surface area (Å²) < 4.78 is 2.16. The number of rotatable bonds is 5. The van der Waals surface area contributed by atoms with Crippen LogP contribution in [0.25, 0.3) is 50.0 Å². The molecule has 0 spiro atoms. The van der Waals surface area contributed by atoms with E-state index in [4.69, 9.17) is 0 Å². The van der Waals surface area contributed by atoms with Gasteiger partial charge in [-0.15, -0.1) is 0 Å². The first-order valence-electron chi connectivity index (χ1n) is 11.8. The Morgan fingerprint density at radius 1 is 0.556 bits per heavy atom. The smallest absolute Gasteiger partial charge is 0.277 e. The van der Waals surface area contributed by atoms with Crippen LogP contribution < -0.4 is 0 Å². The number of benzene rings is 5. The lowest BCUT2D eigenvalue weighted by Gasteiger charge is -2.13. The van der Waals surface area contributed by atoms with Gasteiger partial charge >= 0.3 is 0 Å². The van der Waals surface area contributed by atoms with Gasteiger partial charge in [0.15, 0.2) is 0 Å². The Hall–Kier alpha value is -4.96. The fourth-order valence-corrected chi connectivity index (χ4v) is 4.74. The minimum Gasteiger partial charge on any atom is -0.316 e. The molecule has 1 aromatic heterocycles. The highest BCUT2D eigenvalue weighted by Gasteiger charge is 2.16. The highest BCUT2D eigenvalue weighted by atomic mass is 16.6. The molecule has 36 heavy (non-hydrogen) atoms. The Balaban J connectivity index is 1.55. The van der Waals surface area contributed by atoms with Crippen LogP contribution in [0.5, 0.6) is 0 Å². The summed E-state index contributed by atoms with van der Waals surface area (Å²) in [5, 5.41) is 12.7. The van der Waals surface area contributed by atoms with Crippen molar-refractivity contribution in [1.29, 1.82) is 0 Å². The molecule has 0 radical (unpaired) electrons. The van der Waals surface area contributed by atoms with Crippen LogP contribution in [-0.2, 0) is 0 Å². The van der Waals surface area contributed by atoms with Gasteiger partial charge < -0.3 is 4.57 Å². The Bertz CT molecular complexity index is 1650. The molecule has 0 aliphatic carbocycles. The second-order valence-electron chi connectivity index (χ2n) is 8.73. The first-order valence-corrected chi connectivity index (χ1v) is 11.8. The standard InChI is InChI=1S/C32H22N2O2/c35-34(36)31-14-8-7-13-30(31)26-16-15-25-17-18-33(32(25)22-26)29-20-27(23-9-3-1-4-10-23)19-28(21-29)24-11-5-2-6-12-24/h1-22H. The van der Waals surface area contributed by atoms with Gasteiger partial charge in [0.25, 0.3) is 5.69 Å². The van der Waals surface area contributed by atoms with Crippen LogP contribution in [0.4, 0.5) is 5.69 Å². The molecular formula is C32H22N2O2. The van der Waals surface area contributed by atoms with Gasteiger partial charge in [-0.2, -0.15) is 0 Å². The van der Waals surface area contributed by atoms with Crippen LogP contribution in [0.1, 0.15) is 0 Å². The fraction of sp³-hybridized carbons (Fsp3) is 0. The molecule has 172 valence electrons. The monoisotopic (exact) mass is 466 g/mol. The number of nitro groups is 1. The normalized spacial score (nSPS) is 11.0. The lowest BCUT2D eigenvalue weighted by molar-refractivity contribution is -0.384. The van der Waals surface area contributed by atoms with Crippen molar-refractivity contribution in [2.45, 2.75) is 0 Å². The predicted octanol–water partition coefficient (Wildman–Crippen LogP) is 8.54. The average Bonchev–Trinajstić information content (AvgIpc) is 3.37. The van der Waals surface area contributed by atoms with Crippen LogP contribution in [-0.4, -0.2) is 9.49 Å². The zero-order valence-corrected chi connectivity index (χ0v) is 19.4.